The normalized spacial score (nSPS) is 16.4. The Morgan fingerprint density at radius 3 is 2.33 bits per heavy atom. The van der Waals surface area contributed by atoms with Gasteiger partial charge in [0, 0.05) is 28.3 Å². The van der Waals surface area contributed by atoms with Crippen molar-refractivity contribution in [2.24, 2.45) is 5.92 Å². The first-order valence-electron chi connectivity index (χ1n) is 4.58. The van der Waals surface area contributed by atoms with Crippen LogP contribution in [-0.2, 0) is 10.8 Å². The van der Waals surface area contributed by atoms with Gasteiger partial charge in [-0.05, 0) is 26.3 Å². The molecular weight excluding hydrogens is 170 g/mol. The minimum atomic E-state index is -0.633. The molecule has 0 spiro atoms. The van der Waals surface area contributed by atoms with E-state index in [-0.39, 0.29) is 0 Å². The lowest BCUT2D eigenvalue weighted by Gasteiger charge is -2.10. The molecule has 1 N–H and O–H groups in total. The molecule has 0 aromatic carbocycles. The van der Waals surface area contributed by atoms with Gasteiger partial charge < -0.3 is 5.32 Å². The Labute approximate surface area is 78.6 Å². The second kappa shape index (κ2) is 6.61. The van der Waals surface area contributed by atoms with Crippen molar-refractivity contribution in [2.45, 2.75) is 33.2 Å². The van der Waals surface area contributed by atoms with E-state index in [4.69, 9.17) is 0 Å². The third-order valence-corrected chi connectivity index (χ3v) is 3.41. The van der Waals surface area contributed by atoms with Crippen molar-refractivity contribution in [2.75, 3.05) is 18.6 Å². The van der Waals surface area contributed by atoms with Gasteiger partial charge in [-0.2, -0.15) is 0 Å². The van der Waals surface area contributed by atoms with Gasteiger partial charge in [-0.15, -0.1) is 0 Å². The zero-order chi connectivity index (χ0) is 9.56. The summed E-state index contributed by atoms with van der Waals surface area (Å²) in [5.41, 5.74) is 0. The van der Waals surface area contributed by atoms with Crippen LogP contribution in [0, 0.1) is 5.92 Å². The van der Waals surface area contributed by atoms with Crippen molar-refractivity contribution in [1.29, 1.82) is 0 Å². The van der Waals surface area contributed by atoms with E-state index in [1.807, 2.05) is 7.05 Å². The molecule has 0 heterocycles. The van der Waals surface area contributed by atoms with Crippen LogP contribution >= 0.6 is 0 Å². The van der Waals surface area contributed by atoms with Gasteiger partial charge in [0.2, 0.25) is 0 Å². The van der Waals surface area contributed by atoms with Gasteiger partial charge in [0.15, 0.2) is 0 Å². The number of rotatable bonds is 6. The van der Waals surface area contributed by atoms with Crippen molar-refractivity contribution in [3.05, 3.63) is 0 Å². The molecule has 74 valence electrons. The Morgan fingerprint density at radius 2 is 1.92 bits per heavy atom. The van der Waals surface area contributed by atoms with Gasteiger partial charge in [0.25, 0.3) is 0 Å². The first-order chi connectivity index (χ1) is 5.56. The molecule has 0 saturated carbocycles. The molecule has 0 aliphatic rings. The van der Waals surface area contributed by atoms with E-state index in [1.165, 1.54) is 0 Å². The van der Waals surface area contributed by atoms with Crippen LogP contribution in [0.5, 0.6) is 0 Å². The molecule has 2 atom stereocenters. The molecule has 0 aliphatic carbocycles. The maximum absolute atomic E-state index is 11.4. The molecule has 3 heteroatoms. The third-order valence-electron chi connectivity index (χ3n) is 1.85. The molecule has 0 radical (unpaired) electrons. The van der Waals surface area contributed by atoms with Crippen molar-refractivity contribution >= 4 is 10.8 Å². The fourth-order valence-electron chi connectivity index (χ4n) is 0.813. The molecule has 12 heavy (non-hydrogen) atoms. The highest BCUT2D eigenvalue weighted by Crippen LogP contribution is 2.01. The molecular formula is C9H21NOS. The lowest BCUT2D eigenvalue weighted by atomic mass is 10.2. The zero-order valence-electron chi connectivity index (χ0n) is 8.59. The first-order valence-corrected chi connectivity index (χ1v) is 6.07. The van der Waals surface area contributed by atoms with Crippen LogP contribution in [0.25, 0.3) is 0 Å². The Balaban J connectivity index is 3.46. The van der Waals surface area contributed by atoms with Crippen LogP contribution in [0.2, 0.25) is 0 Å². The van der Waals surface area contributed by atoms with E-state index in [1.54, 1.807) is 0 Å². The Morgan fingerprint density at radius 1 is 1.33 bits per heavy atom. The van der Waals surface area contributed by atoms with Crippen LogP contribution in [0.3, 0.4) is 0 Å². The van der Waals surface area contributed by atoms with E-state index in [2.05, 4.69) is 26.1 Å². The predicted octanol–water partition coefficient (Wildman–Crippen LogP) is 1.39. The SMILES string of the molecule is CNC(C)CS(=O)CCC(C)C. The Hall–Kier alpha value is 0.110. The summed E-state index contributed by atoms with van der Waals surface area (Å²) in [6, 6.07) is 0.373. The topological polar surface area (TPSA) is 29.1 Å². The smallest absolute Gasteiger partial charge is 0.0386 e. The van der Waals surface area contributed by atoms with Crippen molar-refractivity contribution in [1.82, 2.24) is 5.32 Å². The van der Waals surface area contributed by atoms with Crippen LogP contribution in [-0.4, -0.2) is 28.8 Å². The lowest BCUT2D eigenvalue weighted by Crippen LogP contribution is -2.28. The fraction of sp³-hybridized carbons (Fsp3) is 1.00. The summed E-state index contributed by atoms with van der Waals surface area (Å²) < 4.78 is 11.4. The minimum Gasteiger partial charge on any atom is -0.316 e. The standard InChI is InChI=1S/C9H21NOS/c1-8(2)5-6-12(11)7-9(3)10-4/h8-10H,5-7H2,1-4H3. The average molecular weight is 191 g/mol. The highest BCUT2D eigenvalue weighted by atomic mass is 32.2. The summed E-state index contributed by atoms with van der Waals surface area (Å²) >= 11 is 0. The number of nitrogens with one attached hydrogen (secondary N) is 1. The molecule has 0 bridgehead atoms. The second-order valence-corrected chi connectivity index (χ2v) is 5.30. The molecule has 2 unspecified atom stereocenters. The highest BCUT2D eigenvalue weighted by molar-refractivity contribution is 7.85. The summed E-state index contributed by atoms with van der Waals surface area (Å²) in [5, 5.41) is 3.09. The quantitative estimate of drug-likeness (QED) is 0.687. The molecule has 2 nitrogen and oxygen atoms in total. The van der Waals surface area contributed by atoms with Crippen LogP contribution in [0.1, 0.15) is 27.2 Å². The molecule has 0 aromatic rings. The van der Waals surface area contributed by atoms with Gasteiger partial charge in [-0.25, -0.2) is 0 Å². The highest BCUT2D eigenvalue weighted by Gasteiger charge is 2.05. The van der Waals surface area contributed by atoms with E-state index < -0.39 is 10.8 Å². The van der Waals surface area contributed by atoms with Gasteiger partial charge in [-0.1, -0.05) is 13.8 Å². The third kappa shape index (κ3) is 6.80. The Bertz CT molecular complexity index is 136. The van der Waals surface area contributed by atoms with Crippen LogP contribution in [0.4, 0.5) is 0 Å². The maximum atomic E-state index is 11.4. The zero-order valence-corrected chi connectivity index (χ0v) is 9.41. The van der Waals surface area contributed by atoms with E-state index in [0.717, 1.165) is 17.9 Å². The van der Waals surface area contributed by atoms with Crippen LogP contribution in [0.15, 0.2) is 0 Å². The minimum absolute atomic E-state index is 0.373. The van der Waals surface area contributed by atoms with Gasteiger partial charge in [0.05, 0.1) is 0 Å². The molecule has 0 saturated heterocycles. The summed E-state index contributed by atoms with van der Waals surface area (Å²) in [6.45, 7) is 6.39. The maximum Gasteiger partial charge on any atom is 0.0386 e. The molecule has 0 aliphatic heterocycles. The van der Waals surface area contributed by atoms with Crippen molar-refractivity contribution in [3.8, 4) is 0 Å². The number of hydrogen-bond donors (Lipinski definition) is 1. The summed E-state index contributed by atoms with van der Waals surface area (Å²) in [7, 11) is 1.27. The second-order valence-electron chi connectivity index (χ2n) is 3.68. The largest absolute Gasteiger partial charge is 0.316 e. The molecule has 0 fully saturated rings. The van der Waals surface area contributed by atoms with Crippen molar-refractivity contribution < 1.29 is 4.21 Å². The number of hydrogen-bond acceptors (Lipinski definition) is 2. The fourth-order valence-corrected chi connectivity index (χ4v) is 2.44. The monoisotopic (exact) mass is 191 g/mol. The molecule has 0 aromatic heterocycles. The summed E-state index contributed by atoms with van der Waals surface area (Å²) in [5.74, 6) is 2.30. The Kier molecular flexibility index (Phi) is 6.67. The van der Waals surface area contributed by atoms with Gasteiger partial charge >= 0.3 is 0 Å². The molecule has 0 amide bonds. The van der Waals surface area contributed by atoms with Gasteiger partial charge in [-0.3, -0.25) is 4.21 Å². The summed E-state index contributed by atoms with van der Waals surface area (Å²) in [6.07, 6.45) is 1.07. The average Bonchev–Trinajstić information content (AvgIpc) is 2.00. The first kappa shape index (κ1) is 12.1. The molecule has 0 rings (SSSR count). The predicted molar refractivity (Wildman–Crippen MR) is 55.9 cm³/mol. The van der Waals surface area contributed by atoms with Crippen LogP contribution < -0.4 is 5.32 Å². The van der Waals surface area contributed by atoms with E-state index >= 15 is 0 Å². The van der Waals surface area contributed by atoms with E-state index in [0.29, 0.717) is 12.0 Å². The van der Waals surface area contributed by atoms with E-state index in [9.17, 15) is 4.21 Å². The summed E-state index contributed by atoms with van der Waals surface area (Å²) in [4.78, 5) is 0. The van der Waals surface area contributed by atoms with Crippen molar-refractivity contribution in [3.63, 3.8) is 0 Å². The van der Waals surface area contributed by atoms with Gasteiger partial charge in [0.1, 0.15) is 0 Å². The lowest BCUT2D eigenvalue weighted by molar-refractivity contribution is 0.611.